The van der Waals surface area contributed by atoms with E-state index in [9.17, 15) is 17.6 Å². The van der Waals surface area contributed by atoms with Crippen LogP contribution >= 0.6 is 0 Å². The number of nitrogens with zero attached hydrogens (tertiary/aromatic N) is 2. The van der Waals surface area contributed by atoms with Crippen LogP contribution in [0.2, 0.25) is 0 Å². The van der Waals surface area contributed by atoms with Crippen LogP contribution < -0.4 is 10.0 Å². The first-order valence-electron chi connectivity index (χ1n) is 8.89. The highest BCUT2D eigenvalue weighted by molar-refractivity contribution is 7.89. The van der Waals surface area contributed by atoms with E-state index < -0.39 is 38.7 Å². The first-order valence-corrected chi connectivity index (χ1v) is 10.4. The minimum Gasteiger partial charge on any atom is -0.341 e. The fraction of sp³-hybridized carbons (Fsp3) is 0.200. The second kappa shape index (κ2) is 8.54. The summed E-state index contributed by atoms with van der Waals surface area (Å²) in [4.78, 5) is 16.5. The molecule has 2 atom stereocenters. The molecule has 1 amide bonds. The second-order valence-electron chi connectivity index (χ2n) is 6.52. The summed E-state index contributed by atoms with van der Waals surface area (Å²) in [5.74, 6) is -0.863. The quantitative estimate of drug-likeness (QED) is 0.617. The van der Waals surface area contributed by atoms with E-state index in [2.05, 4.69) is 15.0 Å². The van der Waals surface area contributed by atoms with Crippen molar-refractivity contribution in [1.82, 2.24) is 19.6 Å². The smallest absolute Gasteiger partial charge is 0.244 e. The molecule has 3 aromatic rings. The number of carbonyl (C=O) groups excluding carboxylic acids is 1. The van der Waals surface area contributed by atoms with E-state index in [-0.39, 0.29) is 0 Å². The molecule has 9 heteroatoms. The van der Waals surface area contributed by atoms with Gasteiger partial charge in [-0.2, -0.15) is 4.72 Å². The summed E-state index contributed by atoms with van der Waals surface area (Å²) in [6, 6.07) is 12.5. The first kappa shape index (κ1) is 20.7. The lowest BCUT2D eigenvalue weighted by atomic mass is 10.1. The Morgan fingerprint density at radius 2 is 1.76 bits per heavy atom. The second-order valence-corrected chi connectivity index (χ2v) is 8.20. The number of aromatic nitrogens is 2. The number of imidazole rings is 1. The van der Waals surface area contributed by atoms with Gasteiger partial charge in [0.2, 0.25) is 15.9 Å². The molecule has 2 N–H and O–H groups in total. The minimum atomic E-state index is -4.20. The van der Waals surface area contributed by atoms with Crippen LogP contribution in [0.15, 0.2) is 71.9 Å². The zero-order chi connectivity index (χ0) is 21.0. The molecule has 0 spiro atoms. The molecule has 1 heterocycles. The van der Waals surface area contributed by atoms with Crippen molar-refractivity contribution in [3.05, 3.63) is 84.2 Å². The van der Waals surface area contributed by atoms with Crippen LogP contribution in [0.4, 0.5) is 4.39 Å². The maximum Gasteiger partial charge on any atom is 0.244 e. The number of rotatable bonds is 7. The summed E-state index contributed by atoms with van der Waals surface area (Å²) >= 11 is 0. The molecule has 0 saturated heterocycles. The molecule has 7 nitrogen and oxygen atoms in total. The molecule has 152 valence electrons. The third-order valence-electron chi connectivity index (χ3n) is 4.39. The molecule has 0 radical (unpaired) electrons. The number of halogens is 1. The zero-order valence-electron chi connectivity index (χ0n) is 15.9. The van der Waals surface area contributed by atoms with E-state index in [0.717, 1.165) is 17.7 Å². The molecule has 29 heavy (non-hydrogen) atoms. The molecule has 0 aliphatic rings. The number of aryl methyl sites for hydroxylation is 1. The monoisotopic (exact) mass is 416 g/mol. The van der Waals surface area contributed by atoms with Crippen molar-refractivity contribution in [2.75, 3.05) is 0 Å². The van der Waals surface area contributed by atoms with Gasteiger partial charge in [0.25, 0.3) is 0 Å². The van der Waals surface area contributed by atoms with Gasteiger partial charge in [-0.05, 0) is 24.6 Å². The van der Waals surface area contributed by atoms with Gasteiger partial charge in [-0.1, -0.05) is 42.5 Å². The summed E-state index contributed by atoms with van der Waals surface area (Å²) in [6.07, 6.45) is 3.36. The van der Waals surface area contributed by atoms with Crippen molar-refractivity contribution in [3.63, 3.8) is 0 Å². The highest BCUT2D eigenvalue weighted by Gasteiger charge is 2.27. The van der Waals surface area contributed by atoms with Gasteiger partial charge < -0.3 is 9.88 Å². The lowest BCUT2D eigenvalue weighted by Crippen LogP contribution is -2.46. The van der Waals surface area contributed by atoms with Crippen molar-refractivity contribution in [1.29, 1.82) is 0 Å². The van der Waals surface area contributed by atoms with Crippen molar-refractivity contribution in [3.8, 4) is 0 Å². The van der Waals surface area contributed by atoms with E-state index in [1.807, 2.05) is 30.3 Å². The summed E-state index contributed by atoms with van der Waals surface area (Å²) in [5.41, 5.74) is 0.791. The number of nitrogens with one attached hydrogen (secondary N) is 2. The average molecular weight is 416 g/mol. The number of benzene rings is 2. The first-order chi connectivity index (χ1) is 13.8. The Bertz CT molecular complexity index is 1100. The van der Waals surface area contributed by atoms with Gasteiger partial charge in [0.05, 0.1) is 6.04 Å². The standard InChI is InChI=1S/C20H21FN4O3S/c1-14(24-29(27,28)17-11-7-6-10-16(17)21)20(26)23-18(15-8-4-3-5-9-15)19-22-12-13-25(19)2/h3-14,18,24H,1-2H3,(H,23,26). The van der Waals surface area contributed by atoms with Crippen molar-refractivity contribution in [2.45, 2.75) is 23.9 Å². The van der Waals surface area contributed by atoms with Gasteiger partial charge in [-0.15, -0.1) is 0 Å². The number of hydrogen-bond acceptors (Lipinski definition) is 4. The predicted octanol–water partition coefficient (Wildman–Crippen LogP) is 2.13. The third-order valence-corrected chi connectivity index (χ3v) is 5.96. The van der Waals surface area contributed by atoms with Gasteiger partial charge >= 0.3 is 0 Å². The van der Waals surface area contributed by atoms with E-state index in [1.54, 1.807) is 24.0 Å². The number of sulfonamides is 1. The van der Waals surface area contributed by atoms with Gasteiger partial charge in [0.15, 0.2) is 0 Å². The molecule has 3 rings (SSSR count). The predicted molar refractivity (Wildman–Crippen MR) is 106 cm³/mol. The Morgan fingerprint density at radius 1 is 1.10 bits per heavy atom. The minimum absolute atomic E-state index is 0.511. The van der Waals surface area contributed by atoms with Gasteiger partial charge in [0.1, 0.15) is 22.6 Å². The molecule has 0 aliphatic heterocycles. The Labute approximate surface area is 168 Å². The Morgan fingerprint density at radius 3 is 2.38 bits per heavy atom. The van der Waals surface area contributed by atoms with Crippen molar-refractivity contribution < 1.29 is 17.6 Å². The van der Waals surface area contributed by atoms with Crippen LogP contribution in [-0.4, -0.2) is 29.9 Å². The Kier molecular flexibility index (Phi) is 6.09. The normalized spacial score (nSPS) is 13.6. The van der Waals surface area contributed by atoms with E-state index in [0.29, 0.717) is 5.82 Å². The number of carbonyl (C=O) groups is 1. The molecular weight excluding hydrogens is 395 g/mol. The van der Waals surface area contributed by atoms with E-state index in [1.165, 1.54) is 19.1 Å². The zero-order valence-corrected chi connectivity index (χ0v) is 16.7. The van der Waals surface area contributed by atoms with Crippen molar-refractivity contribution in [2.24, 2.45) is 7.05 Å². The maximum atomic E-state index is 13.9. The summed E-state index contributed by atoms with van der Waals surface area (Å²) in [6.45, 7) is 1.40. The molecule has 2 aromatic carbocycles. The van der Waals surface area contributed by atoms with Crippen LogP contribution in [0.5, 0.6) is 0 Å². The van der Waals surface area contributed by atoms with Crippen LogP contribution in [0, 0.1) is 5.82 Å². The third kappa shape index (κ3) is 4.69. The van der Waals surface area contributed by atoms with Gasteiger partial charge in [-0.3, -0.25) is 4.79 Å². The van der Waals surface area contributed by atoms with Crippen LogP contribution in [-0.2, 0) is 21.9 Å². The van der Waals surface area contributed by atoms with E-state index >= 15 is 0 Å². The molecule has 0 fully saturated rings. The molecule has 0 saturated carbocycles. The lowest BCUT2D eigenvalue weighted by Gasteiger charge is -2.22. The van der Waals surface area contributed by atoms with Crippen LogP contribution in [0.1, 0.15) is 24.4 Å². The van der Waals surface area contributed by atoms with Gasteiger partial charge in [-0.25, -0.2) is 17.8 Å². The topological polar surface area (TPSA) is 93.1 Å². The largest absolute Gasteiger partial charge is 0.341 e. The molecule has 0 aliphatic carbocycles. The fourth-order valence-electron chi connectivity index (χ4n) is 2.88. The summed E-state index contributed by atoms with van der Waals surface area (Å²) in [5, 5.41) is 2.82. The van der Waals surface area contributed by atoms with Crippen LogP contribution in [0.25, 0.3) is 0 Å². The molecule has 0 bridgehead atoms. The fourth-order valence-corrected chi connectivity index (χ4v) is 4.16. The number of hydrogen-bond donors (Lipinski definition) is 2. The van der Waals surface area contributed by atoms with E-state index in [4.69, 9.17) is 0 Å². The Hall–Kier alpha value is -3.04. The summed E-state index contributed by atoms with van der Waals surface area (Å²) < 4.78 is 42.8. The lowest BCUT2D eigenvalue weighted by molar-refractivity contribution is -0.122. The molecule has 1 aromatic heterocycles. The van der Waals surface area contributed by atoms with Crippen molar-refractivity contribution >= 4 is 15.9 Å². The molecular formula is C20H21FN4O3S. The molecule has 2 unspecified atom stereocenters. The number of amides is 1. The average Bonchev–Trinajstić information content (AvgIpc) is 3.12. The highest BCUT2D eigenvalue weighted by Crippen LogP contribution is 2.20. The van der Waals surface area contributed by atoms with Crippen LogP contribution in [0.3, 0.4) is 0 Å². The van der Waals surface area contributed by atoms with Gasteiger partial charge in [0, 0.05) is 19.4 Å². The highest BCUT2D eigenvalue weighted by atomic mass is 32.2. The SMILES string of the molecule is CC(NS(=O)(=O)c1ccccc1F)C(=O)NC(c1ccccc1)c1nccn1C. The Balaban J connectivity index is 1.81. The summed E-state index contributed by atoms with van der Waals surface area (Å²) in [7, 11) is -2.40. The maximum absolute atomic E-state index is 13.9.